The third-order valence-electron chi connectivity index (χ3n) is 3.62. The van der Waals surface area contributed by atoms with Gasteiger partial charge in [0.1, 0.15) is 6.54 Å². The molecule has 1 saturated carbocycles. The van der Waals surface area contributed by atoms with E-state index in [2.05, 4.69) is 10.4 Å². The fraction of sp³-hybridized carbons (Fsp3) is 0.333. The Morgan fingerprint density at radius 3 is 2.46 bits per heavy atom. The van der Waals surface area contributed by atoms with Gasteiger partial charge in [0.2, 0.25) is 5.91 Å². The van der Waals surface area contributed by atoms with Crippen molar-refractivity contribution in [1.29, 1.82) is 0 Å². The number of amides is 1. The highest BCUT2D eigenvalue weighted by Crippen LogP contribution is 2.42. The fourth-order valence-corrected chi connectivity index (χ4v) is 2.83. The summed E-state index contributed by atoms with van der Waals surface area (Å²) in [5.41, 5.74) is -0.349. The van der Waals surface area contributed by atoms with Crippen LogP contribution in [0.5, 0.6) is 0 Å². The standard InChI is InChI=1S/C15H12Cl2F3N3O/c16-9-2-1-3-10(17)14(9)21-13(24)7-23-11(8-4-5-8)6-12(22-23)15(18,19)20/h1-3,6,8H,4-5,7H2,(H,21,24). The lowest BCUT2D eigenvalue weighted by Gasteiger charge is -2.10. The molecule has 0 bridgehead atoms. The molecule has 1 aromatic heterocycles. The Hall–Kier alpha value is -1.73. The van der Waals surface area contributed by atoms with Crippen LogP contribution < -0.4 is 5.32 Å². The molecular weight excluding hydrogens is 366 g/mol. The van der Waals surface area contributed by atoms with Crippen LogP contribution in [0.25, 0.3) is 0 Å². The number of hydrogen-bond donors (Lipinski definition) is 1. The summed E-state index contributed by atoms with van der Waals surface area (Å²) in [6, 6.07) is 5.73. The molecule has 1 N–H and O–H groups in total. The molecule has 128 valence electrons. The largest absolute Gasteiger partial charge is 0.435 e. The van der Waals surface area contributed by atoms with Gasteiger partial charge in [-0.2, -0.15) is 18.3 Å². The van der Waals surface area contributed by atoms with E-state index in [0.717, 1.165) is 23.6 Å². The first-order chi connectivity index (χ1) is 11.3. The highest BCUT2D eigenvalue weighted by molar-refractivity contribution is 6.39. The maximum absolute atomic E-state index is 12.8. The normalized spacial score (nSPS) is 14.7. The van der Waals surface area contributed by atoms with Gasteiger partial charge in [-0.25, -0.2) is 0 Å². The molecule has 24 heavy (non-hydrogen) atoms. The monoisotopic (exact) mass is 377 g/mol. The van der Waals surface area contributed by atoms with Crippen molar-refractivity contribution in [3.8, 4) is 0 Å². The lowest BCUT2D eigenvalue weighted by Crippen LogP contribution is -2.21. The van der Waals surface area contributed by atoms with Gasteiger partial charge in [-0.3, -0.25) is 9.48 Å². The molecule has 0 spiro atoms. The minimum Gasteiger partial charge on any atom is -0.322 e. The zero-order valence-electron chi connectivity index (χ0n) is 12.2. The van der Waals surface area contributed by atoms with Crippen LogP contribution in [-0.2, 0) is 17.5 Å². The Morgan fingerprint density at radius 2 is 1.92 bits per heavy atom. The molecule has 0 aliphatic heterocycles. The van der Waals surface area contributed by atoms with Gasteiger partial charge in [0.25, 0.3) is 0 Å². The molecule has 1 aliphatic carbocycles. The summed E-state index contributed by atoms with van der Waals surface area (Å²) in [7, 11) is 0. The summed E-state index contributed by atoms with van der Waals surface area (Å²) in [4.78, 5) is 12.2. The highest BCUT2D eigenvalue weighted by atomic mass is 35.5. The molecule has 0 saturated heterocycles. The van der Waals surface area contributed by atoms with E-state index in [1.165, 1.54) is 0 Å². The van der Waals surface area contributed by atoms with E-state index in [9.17, 15) is 18.0 Å². The van der Waals surface area contributed by atoms with Crippen LogP contribution in [0.2, 0.25) is 10.0 Å². The summed E-state index contributed by atoms with van der Waals surface area (Å²) in [5.74, 6) is -0.533. The molecule has 0 atom stereocenters. The lowest BCUT2D eigenvalue weighted by atomic mass is 10.2. The minimum absolute atomic E-state index is 0.0188. The van der Waals surface area contributed by atoms with Gasteiger partial charge in [-0.05, 0) is 31.0 Å². The van der Waals surface area contributed by atoms with Crippen molar-refractivity contribution < 1.29 is 18.0 Å². The molecular formula is C15H12Cl2F3N3O. The van der Waals surface area contributed by atoms with Crippen LogP contribution in [0.4, 0.5) is 18.9 Å². The quantitative estimate of drug-likeness (QED) is 0.837. The van der Waals surface area contributed by atoms with Crippen molar-refractivity contribution in [3.63, 3.8) is 0 Å². The number of para-hydroxylation sites is 1. The Morgan fingerprint density at radius 1 is 1.29 bits per heavy atom. The molecule has 4 nitrogen and oxygen atoms in total. The number of hydrogen-bond acceptors (Lipinski definition) is 2. The first-order valence-corrected chi connectivity index (χ1v) is 7.90. The predicted octanol–water partition coefficient (Wildman–Crippen LogP) is 4.72. The highest BCUT2D eigenvalue weighted by Gasteiger charge is 2.38. The second-order valence-corrected chi connectivity index (χ2v) is 6.34. The van der Waals surface area contributed by atoms with Gasteiger partial charge in [0.15, 0.2) is 5.69 Å². The van der Waals surface area contributed by atoms with Crippen molar-refractivity contribution in [2.24, 2.45) is 0 Å². The number of benzene rings is 1. The number of rotatable bonds is 4. The van der Waals surface area contributed by atoms with Gasteiger partial charge in [-0.15, -0.1) is 0 Å². The fourth-order valence-electron chi connectivity index (χ4n) is 2.34. The van der Waals surface area contributed by atoms with E-state index in [0.29, 0.717) is 5.69 Å². The van der Waals surface area contributed by atoms with E-state index < -0.39 is 17.8 Å². The Labute approximate surface area is 145 Å². The SMILES string of the molecule is O=C(Cn1nc(C(F)(F)F)cc1C1CC1)Nc1c(Cl)cccc1Cl. The van der Waals surface area contributed by atoms with Crippen molar-refractivity contribution in [2.75, 3.05) is 5.32 Å². The van der Waals surface area contributed by atoms with Crippen LogP contribution in [0.15, 0.2) is 24.3 Å². The van der Waals surface area contributed by atoms with Crippen molar-refractivity contribution in [3.05, 3.63) is 45.7 Å². The molecule has 0 unspecified atom stereocenters. The topological polar surface area (TPSA) is 46.9 Å². The molecule has 9 heteroatoms. The van der Waals surface area contributed by atoms with E-state index in [4.69, 9.17) is 23.2 Å². The van der Waals surface area contributed by atoms with E-state index in [1.807, 2.05) is 0 Å². The number of nitrogens with one attached hydrogen (secondary N) is 1. The summed E-state index contributed by atoms with van der Waals surface area (Å²) in [6.45, 7) is -0.344. The molecule has 1 amide bonds. The van der Waals surface area contributed by atoms with E-state index in [1.54, 1.807) is 18.2 Å². The van der Waals surface area contributed by atoms with Crippen LogP contribution in [0.3, 0.4) is 0 Å². The number of aromatic nitrogens is 2. The number of halogens is 5. The molecule has 0 radical (unpaired) electrons. The number of carbonyl (C=O) groups excluding carboxylic acids is 1. The second kappa shape index (κ2) is 6.29. The Kier molecular flexibility index (Phi) is 4.48. The predicted molar refractivity (Wildman–Crippen MR) is 84.3 cm³/mol. The summed E-state index contributed by atoms with van der Waals surface area (Å²) in [6.07, 6.45) is -2.96. The zero-order valence-corrected chi connectivity index (χ0v) is 13.7. The Balaban J connectivity index is 1.80. The van der Waals surface area contributed by atoms with Crippen LogP contribution in [0.1, 0.15) is 30.1 Å². The average molecular weight is 378 g/mol. The Bertz CT molecular complexity index is 765. The molecule has 1 fully saturated rings. The minimum atomic E-state index is -4.54. The van der Waals surface area contributed by atoms with Gasteiger partial charge < -0.3 is 5.32 Å². The first-order valence-electron chi connectivity index (χ1n) is 7.14. The molecule has 2 aromatic rings. The summed E-state index contributed by atoms with van der Waals surface area (Å²) >= 11 is 11.9. The van der Waals surface area contributed by atoms with Gasteiger partial charge >= 0.3 is 6.18 Å². The van der Waals surface area contributed by atoms with Crippen LogP contribution in [-0.4, -0.2) is 15.7 Å². The van der Waals surface area contributed by atoms with Crippen molar-refractivity contribution >= 4 is 34.8 Å². The van der Waals surface area contributed by atoms with E-state index in [-0.39, 0.29) is 28.2 Å². The summed E-state index contributed by atoms with van der Waals surface area (Å²) in [5, 5.41) is 6.54. The smallest absolute Gasteiger partial charge is 0.322 e. The van der Waals surface area contributed by atoms with Crippen molar-refractivity contribution in [1.82, 2.24) is 9.78 Å². The average Bonchev–Trinajstić information content (AvgIpc) is 3.23. The maximum atomic E-state index is 12.8. The first kappa shape index (κ1) is 17.1. The third-order valence-corrected chi connectivity index (χ3v) is 4.25. The van der Waals surface area contributed by atoms with Crippen LogP contribution >= 0.6 is 23.2 Å². The number of nitrogens with zero attached hydrogens (tertiary/aromatic N) is 2. The third kappa shape index (κ3) is 3.67. The molecule has 3 rings (SSSR count). The van der Waals surface area contributed by atoms with Gasteiger partial charge in [0, 0.05) is 11.6 Å². The van der Waals surface area contributed by atoms with Crippen molar-refractivity contribution in [2.45, 2.75) is 31.5 Å². The maximum Gasteiger partial charge on any atom is 0.435 e. The van der Waals surface area contributed by atoms with E-state index >= 15 is 0 Å². The molecule has 1 heterocycles. The summed E-state index contributed by atoms with van der Waals surface area (Å²) < 4.78 is 39.6. The van der Waals surface area contributed by atoms with Gasteiger partial charge in [0.05, 0.1) is 15.7 Å². The lowest BCUT2D eigenvalue weighted by molar-refractivity contribution is -0.141. The molecule has 1 aliphatic rings. The zero-order chi connectivity index (χ0) is 17.5. The number of carbonyl (C=O) groups is 1. The number of anilines is 1. The van der Waals surface area contributed by atoms with Gasteiger partial charge in [-0.1, -0.05) is 29.3 Å². The molecule has 1 aromatic carbocycles. The number of alkyl halides is 3. The van der Waals surface area contributed by atoms with Crippen LogP contribution in [0, 0.1) is 0 Å². The second-order valence-electron chi connectivity index (χ2n) is 5.53.